The van der Waals surface area contributed by atoms with Crippen molar-refractivity contribution in [1.29, 1.82) is 0 Å². The number of allylic oxidation sites excluding steroid dienone is 1. The van der Waals surface area contributed by atoms with E-state index in [2.05, 4.69) is 22.0 Å². The number of pyridine rings is 1. The second kappa shape index (κ2) is 7.88. The molecular weight excluding hydrogens is 390 g/mol. The first kappa shape index (κ1) is 21.8. The van der Waals surface area contributed by atoms with E-state index < -0.39 is 35.5 Å². The van der Waals surface area contributed by atoms with E-state index in [1.165, 1.54) is 0 Å². The Morgan fingerprint density at radius 2 is 1.82 bits per heavy atom. The summed E-state index contributed by atoms with van der Waals surface area (Å²) in [6.07, 6.45) is -9.35. The first-order valence-electron chi connectivity index (χ1n) is 8.42. The van der Waals surface area contributed by atoms with Gasteiger partial charge < -0.3 is 10.1 Å². The van der Waals surface area contributed by atoms with Crippen molar-refractivity contribution in [3.8, 4) is 5.75 Å². The molecule has 2 heterocycles. The number of anilines is 1. The van der Waals surface area contributed by atoms with Gasteiger partial charge >= 0.3 is 12.4 Å². The largest absolute Gasteiger partial charge is 0.477 e. The predicted octanol–water partition coefficient (Wildman–Crippen LogP) is 5.09. The van der Waals surface area contributed by atoms with Gasteiger partial charge in [0.15, 0.2) is 17.5 Å². The fourth-order valence-electron chi connectivity index (χ4n) is 2.38. The van der Waals surface area contributed by atoms with Crippen LogP contribution < -0.4 is 10.1 Å². The first-order chi connectivity index (χ1) is 12.8. The number of fused-ring (bicyclic) bond motifs is 1. The molecule has 3 atom stereocenters. The van der Waals surface area contributed by atoms with E-state index in [-0.39, 0.29) is 17.9 Å². The van der Waals surface area contributed by atoms with E-state index in [0.717, 1.165) is 13.0 Å². The highest BCUT2D eigenvalue weighted by atomic mass is 19.4. The molecular formula is C17H20F6N4O. The first-order valence-corrected chi connectivity index (χ1v) is 8.42. The number of nitrogens with one attached hydrogen (secondary N) is 1. The Balaban J connectivity index is 2.47. The molecule has 3 unspecified atom stereocenters. The van der Waals surface area contributed by atoms with Crippen molar-refractivity contribution in [3.63, 3.8) is 0 Å². The molecule has 0 aliphatic heterocycles. The Kier molecular flexibility index (Phi) is 6.15. The minimum Gasteiger partial charge on any atom is -0.477 e. The van der Waals surface area contributed by atoms with Gasteiger partial charge in [-0.3, -0.25) is 0 Å². The van der Waals surface area contributed by atoms with Crippen molar-refractivity contribution in [2.75, 3.05) is 5.32 Å². The van der Waals surface area contributed by atoms with Gasteiger partial charge in [0.2, 0.25) is 5.95 Å². The van der Waals surface area contributed by atoms with E-state index in [0.29, 0.717) is 17.0 Å². The van der Waals surface area contributed by atoms with Gasteiger partial charge in [0, 0.05) is 6.04 Å². The maximum absolute atomic E-state index is 13.3. The summed E-state index contributed by atoms with van der Waals surface area (Å²) in [7, 11) is 0. The summed E-state index contributed by atoms with van der Waals surface area (Å²) in [6, 6.07) is 1.19. The summed E-state index contributed by atoms with van der Waals surface area (Å²) in [5, 5.41) is 6.65. The number of alkyl halides is 6. The molecule has 2 aromatic heterocycles. The molecule has 5 nitrogen and oxygen atoms in total. The lowest BCUT2D eigenvalue weighted by Gasteiger charge is -2.18. The van der Waals surface area contributed by atoms with Crippen LogP contribution in [0.2, 0.25) is 0 Å². The van der Waals surface area contributed by atoms with Crippen LogP contribution in [0.3, 0.4) is 0 Å². The number of hydrogen-bond acceptors (Lipinski definition) is 4. The second-order valence-corrected chi connectivity index (χ2v) is 6.49. The van der Waals surface area contributed by atoms with Crippen molar-refractivity contribution in [3.05, 3.63) is 30.5 Å². The number of aromatic nitrogens is 3. The molecule has 0 aromatic carbocycles. The number of rotatable bonds is 7. The molecule has 1 N–H and O–H groups in total. The molecule has 0 radical (unpaired) electrons. The van der Waals surface area contributed by atoms with Gasteiger partial charge in [-0.2, -0.15) is 31.3 Å². The Bertz CT molecular complexity index is 829. The van der Waals surface area contributed by atoms with Crippen LogP contribution in [0.1, 0.15) is 32.9 Å². The lowest BCUT2D eigenvalue weighted by Crippen LogP contribution is -2.31. The third kappa shape index (κ3) is 4.87. The van der Waals surface area contributed by atoms with Gasteiger partial charge in [0.25, 0.3) is 0 Å². The summed E-state index contributed by atoms with van der Waals surface area (Å²) in [5.41, 5.74) is -1.64. The quantitative estimate of drug-likeness (QED) is 0.510. The monoisotopic (exact) mass is 410 g/mol. The summed E-state index contributed by atoms with van der Waals surface area (Å²) < 4.78 is 83.3. The number of hydrogen-bond donors (Lipinski definition) is 1. The van der Waals surface area contributed by atoms with Crippen molar-refractivity contribution in [2.45, 2.75) is 51.7 Å². The van der Waals surface area contributed by atoms with Crippen LogP contribution in [0, 0.1) is 5.92 Å². The van der Waals surface area contributed by atoms with Crippen LogP contribution >= 0.6 is 0 Å². The van der Waals surface area contributed by atoms with Crippen LogP contribution in [0.15, 0.2) is 24.8 Å². The lowest BCUT2D eigenvalue weighted by molar-refractivity contribution is -0.189. The van der Waals surface area contributed by atoms with E-state index in [1.54, 1.807) is 13.0 Å². The zero-order valence-electron chi connectivity index (χ0n) is 15.4. The number of halogens is 6. The molecule has 0 spiro atoms. The highest BCUT2D eigenvalue weighted by Crippen LogP contribution is 2.34. The number of ether oxygens (including phenoxy) is 1. The minimum absolute atomic E-state index is 0.0761. The standard InChI is InChI=1S/C17H20F6N4O/c1-5-6-9(2)10(3)24-15-25-14-12(28-11(4)16(18,19)20)7-8-13(17(21,22)23)27(14)26-15/h5,7-11H,1,6H2,2-4H3,(H,24,26). The van der Waals surface area contributed by atoms with Crippen LogP contribution in [-0.4, -0.2) is 32.9 Å². The summed E-state index contributed by atoms with van der Waals surface area (Å²) in [4.78, 5) is 3.93. The fourth-order valence-corrected chi connectivity index (χ4v) is 2.38. The molecule has 2 aromatic rings. The van der Waals surface area contributed by atoms with Crippen molar-refractivity contribution >= 4 is 11.6 Å². The third-order valence-corrected chi connectivity index (χ3v) is 4.25. The molecule has 2 rings (SSSR count). The molecule has 0 bridgehead atoms. The van der Waals surface area contributed by atoms with Crippen LogP contribution in [0.4, 0.5) is 32.3 Å². The Morgan fingerprint density at radius 3 is 2.36 bits per heavy atom. The zero-order valence-corrected chi connectivity index (χ0v) is 15.4. The molecule has 0 saturated carbocycles. The summed E-state index contributed by atoms with van der Waals surface area (Å²) in [5.74, 6) is -0.526. The number of nitrogens with zero attached hydrogens (tertiary/aromatic N) is 3. The molecule has 28 heavy (non-hydrogen) atoms. The SMILES string of the molecule is C=CCC(C)C(C)Nc1nc2c(OC(C)C(F)(F)F)ccc(C(F)(F)F)n2n1. The average molecular weight is 410 g/mol. The van der Waals surface area contributed by atoms with E-state index in [1.807, 2.05) is 6.92 Å². The van der Waals surface area contributed by atoms with E-state index in [9.17, 15) is 26.3 Å². The predicted molar refractivity (Wildman–Crippen MR) is 91.2 cm³/mol. The van der Waals surface area contributed by atoms with Gasteiger partial charge in [0.05, 0.1) is 0 Å². The fraction of sp³-hybridized carbons (Fsp3) is 0.529. The molecule has 0 aliphatic carbocycles. The van der Waals surface area contributed by atoms with Crippen LogP contribution in [0.5, 0.6) is 5.75 Å². The summed E-state index contributed by atoms with van der Waals surface area (Å²) in [6.45, 7) is 8.06. The highest BCUT2D eigenvalue weighted by Gasteiger charge is 2.40. The molecule has 156 valence electrons. The zero-order chi connectivity index (χ0) is 21.3. The highest BCUT2D eigenvalue weighted by molar-refractivity contribution is 5.57. The molecule has 0 fully saturated rings. The third-order valence-electron chi connectivity index (χ3n) is 4.25. The van der Waals surface area contributed by atoms with E-state index in [4.69, 9.17) is 4.74 Å². The smallest absolute Gasteiger partial charge is 0.433 e. The molecule has 0 aliphatic rings. The Labute approximate surface area is 157 Å². The van der Waals surface area contributed by atoms with Gasteiger partial charge in [-0.05, 0) is 38.3 Å². The minimum atomic E-state index is -4.78. The van der Waals surface area contributed by atoms with Gasteiger partial charge in [-0.25, -0.2) is 4.52 Å². The second-order valence-electron chi connectivity index (χ2n) is 6.49. The van der Waals surface area contributed by atoms with Crippen molar-refractivity contribution in [2.24, 2.45) is 5.92 Å². The van der Waals surface area contributed by atoms with Crippen LogP contribution in [-0.2, 0) is 6.18 Å². The maximum Gasteiger partial charge on any atom is 0.433 e. The topological polar surface area (TPSA) is 51.5 Å². The average Bonchev–Trinajstić information content (AvgIpc) is 2.96. The van der Waals surface area contributed by atoms with Gasteiger partial charge in [-0.15, -0.1) is 11.7 Å². The van der Waals surface area contributed by atoms with Gasteiger partial charge in [-0.1, -0.05) is 13.0 Å². The summed E-state index contributed by atoms with van der Waals surface area (Å²) >= 11 is 0. The normalized spacial score (nSPS) is 15.9. The Hall–Kier alpha value is -2.46. The van der Waals surface area contributed by atoms with Crippen LogP contribution in [0.25, 0.3) is 5.65 Å². The molecule has 11 heteroatoms. The maximum atomic E-state index is 13.3. The van der Waals surface area contributed by atoms with Crippen molar-refractivity contribution < 1.29 is 31.1 Å². The van der Waals surface area contributed by atoms with Gasteiger partial charge in [0.1, 0.15) is 5.69 Å². The molecule has 0 saturated heterocycles. The molecule has 0 amide bonds. The van der Waals surface area contributed by atoms with E-state index >= 15 is 0 Å². The van der Waals surface area contributed by atoms with Crippen molar-refractivity contribution in [1.82, 2.24) is 14.6 Å². The Morgan fingerprint density at radius 1 is 1.18 bits per heavy atom. The lowest BCUT2D eigenvalue weighted by atomic mass is 10.0.